The molecule has 2 nitrogen and oxygen atoms in total. The van der Waals surface area contributed by atoms with Crippen LogP contribution in [0.1, 0.15) is 11.5 Å². The minimum absolute atomic E-state index is 0.155. The lowest BCUT2D eigenvalue weighted by molar-refractivity contribution is 0.406. The molecule has 2 heteroatoms. The number of nitrogens with zero attached hydrogens (tertiary/aromatic N) is 2. The maximum absolute atomic E-state index is 9.04. The second kappa shape index (κ2) is 3.81. The molecule has 0 bridgehead atoms. The molecule has 72 valence electrons. The summed E-state index contributed by atoms with van der Waals surface area (Å²) in [6.07, 6.45) is 0. The third-order valence-corrected chi connectivity index (χ3v) is 2.90. The SMILES string of the molecule is CN1CC(c2ccccc2)[C@@H](C#N)C1. The van der Waals surface area contributed by atoms with Crippen LogP contribution >= 0.6 is 0 Å². The second-order valence-corrected chi connectivity index (χ2v) is 3.97. The number of hydrogen-bond donors (Lipinski definition) is 0. The van der Waals surface area contributed by atoms with Gasteiger partial charge in [-0.3, -0.25) is 0 Å². The fourth-order valence-electron chi connectivity index (χ4n) is 2.17. The number of likely N-dealkylation sites (N-methyl/N-ethyl adjacent to an activating group) is 1. The summed E-state index contributed by atoms with van der Waals surface area (Å²) in [4.78, 5) is 2.23. The first-order valence-corrected chi connectivity index (χ1v) is 4.94. The summed E-state index contributed by atoms with van der Waals surface area (Å²) in [7, 11) is 2.08. The predicted octanol–water partition coefficient (Wildman–Crippen LogP) is 1.86. The van der Waals surface area contributed by atoms with Gasteiger partial charge in [-0.1, -0.05) is 30.3 Å². The van der Waals surface area contributed by atoms with Gasteiger partial charge in [0.05, 0.1) is 12.0 Å². The molecule has 1 saturated heterocycles. The maximum Gasteiger partial charge on any atom is 0.0676 e. The average molecular weight is 186 g/mol. The Labute approximate surface area is 84.8 Å². The largest absolute Gasteiger partial charge is 0.304 e. The van der Waals surface area contributed by atoms with E-state index < -0.39 is 0 Å². The molecular formula is C12H14N2. The van der Waals surface area contributed by atoms with E-state index in [4.69, 9.17) is 5.26 Å². The molecule has 1 aliphatic rings. The molecule has 0 aliphatic carbocycles. The summed E-state index contributed by atoms with van der Waals surface area (Å²) in [5, 5.41) is 9.04. The van der Waals surface area contributed by atoms with Gasteiger partial charge in [-0.25, -0.2) is 0 Å². The molecule has 0 amide bonds. The smallest absolute Gasteiger partial charge is 0.0676 e. The van der Waals surface area contributed by atoms with Gasteiger partial charge in [0, 0.05) is 19.0 Å². The average Bonchev–Trinajstić information content (AvgIpc) is 2.61. The van der Waals surface area contributed by atoms with Gasteiger partial charge in [0.1, 0.15) is 0 Å². The van der Waals surface area contributed by atoms with Crippen LogP contribution in [0.3, 0.4) is 0 Å². The number of rotatable bonds is 1. The van der Waals surface area contributed by atoms with Crippen molar-refractivity contribution in [2.75, 3.05) is 20.1 Å². The molecule has 14 heavy (non-hydrogen) atoms. The van der Waals surface area contributed by atoms with E-state index >= 15 is 0 Å². The van der Waals surface area contributed by atoms with Crippen molar-refractivity contribution in [1.29, 1.82) is 5.26 Å². The van der Waals surface area contributed by atoms with Crippen LogP contribution < -0.4 is 0 Å². The van der Waals surface area contributed by atoms with Gasteiger partial charge in [0.2, 0.25) is 0 Å². The molecular weight excluding hydrogens is 172 g/mol. The van der Waals surface area contributed by atoms with Gasteiger partial charge >= 0.3 is 0 Å². The van der Waals surface area contributed by atoms with Crippen molar-refractivity contribution in [2.45, 2.75) is 5.92 Å². The van der Waals surface area contributed by atoms with E-state index in [0.29, 0.717) is 5.92 Å². The van der Waals surface area contributed by atoms with Gasteiger partial charge in [-0.2, -0.15) is 5.26 Å². The molecule has 1 aliphatic heterocycles. The van der Waals surface area contributed by atoms with Crippen LogP contribution in [0.2, 0.25) is 0 Å². The van der Waals surface area contributed by atoms with E-state index in [0.717, 1.165) is 13.1 Å². The fourth-order valence-corrected chi connectivity index (χ4v) is 2.17. The molecule has 0 N–H and O–H groups in total. The summed E-state index contributed by atoms with van der Waals surface area (Å²) >= 11 is 0. The van der Waals surface area contributed by atoms with Crippen molar-refractivity contribution in [1.82, 2.24) is 4.90 Å². The minimum Gasteiger partial charge on any atom is -0.304 e. The second-order valence-electron chi connectivity index (χ2n) is 3.97. The van der Waals surface area contributed by atoms with Crippen molar-refractivity contribution in [3.05, 3.63) is 35.9 Å². The van der Waals surface area contributed by atoms with E-state index in [9.17, 15) is 0 Å². The Hall–Kier alpha value is -1.33. The Bertz CT molecular complexity index is 339. The first-order valence-electron chi connectivity index (χ1n) is 4.94. The highest BCUT2D eigenvalue weighted by Crippen LogP contribution is 2.30. The highest BCUT2D eigenvalue weighted by Gasteiger charge is 2.31. The molecule has 1 aromatic carbocycles. The third-order valence-electron chi connectivity index (χ3n) is 2.90. The molecule has 1 heterocycles. The molecule has 0 aromatic heterocycles. The molecule has 0 saturated carbocycles. The Kier molecular flexibility index (Phi) is 2.51. The van der Waals surface area contributed by atoms with Crippen LogP contribution in [0.5, 0.6) is 0 Å². The molecule has 2 atom stereocenters. The van der Waals surface area contributed by atoms with Crippen molar-refractivity contribution in [2.24, 2.45) is 5.92 Å². The highest BCUT2D eigenvalue weighted by molar-refractivity contribution is 5.24. The van der Waals surface area contributed by atoms with Crippen molar-refractivity contribution in [3.8, 4) is 6.07 Å². The molecule has 1 aromatic rings. The van der Waals surface area contributed by atoms with E-state index in [1.807, 2.05) is 18.2 Å². The number of likely N-dealkylation sites (tertiary alicyclic amines) is 1. The van der Waals surface area contributed by atoms with E-state index in [1.165, 1.54) is 5.56 Å². The van der Waals surface area contributed by atoms with Gasteiger partial charge in [-0.15, -0.1) is 0 Å². The van der Waals surface area contributed by atoms with Crippen LogP contribution in [0.25, 0.3) is 0 Å². The molecule has 1 unspecified atom stereocenters. The molecule has 0 radical (unpaired) electrons. The van der Waals surface area contributed by atoms with Crippen LogP contribution in [-0.4, -0.2) is 25.0 Å². The quantitative estimate of drug-likeness (QED) is 0.669. The maximum atomic E-state index is 9.04. The predicted molar refractivity (Wildman–Crippen MR) is 55.8 cm³/mol. The summed E-state index contributed by atoms with van der Waals surface area (Å²) in [6, 6.07) is 12.7. The number of nitriles is 1. The Morgan fingerprint density at radius 3 is 2.64 bits per heavy atom. The van der Waals surface area contributed by atoms with E-state index in [2.05, 4.69) is 30.1 Å². The first-order chi connectivity index (χ1) is 6.81. The lowest BCUT2D eigenvalue weighted by Crippen LogP contribution is -2.13. The van der Waals surface area contributed by atoms with E-state index in [1.54, 1.807) is 0 Å². The zero-order valence-electron chi connectivity index (χ0n) is 8.35. The zero-order valence-corrected chi connectivity index (χ0v) is 8.35. The molecule has 0 spiro atoms. The first kappa shape index (κ1) is 9.23. The van der Waals surface area contributed by atoms with Gasteiger partial charge in [0.25, 0.3) is 0 Å². The molecule has 1 fully saturated rings. The summed E-state index contributed by atoms with van der Waals surface area (Å²) < 4.78 is 0. The van der Waals surface area contributed by atoms with Gasteiger partial charge < -0.3 is 4.90 Å². The number of hydrogen-bond acceptors (Lipinski definition) is 2. The topological polar surface area (TPSA) is 27.0 Å². The zero-order chi connectivity index (χ0) is 9.97. The van der Waals surface area contributed by atoms with Crippen LogP contribution in [0.4, 0.5) is 0 Å². The van der Waals surface area contributed by atoms with Crippen molar-refractivity contribution < 1.29 is 0 Å². The lowest BCUT2D eigenvalue weighted by atomic mass is 9.90. The van der Waals surface area contributed by atoms with Crippen molar-refractivity contribution in [3.63, 3.8) is 0 Å². The third kappa shape index (κ3) is 1.64. The normalized spacial score (nSPS) is 27.4. The van der Waals surface area contributed by atoms with Gasteiger partial charge in [-0.05, 0) is 12.6 Å². The number of benzene rings is 1. The standard InChI is InChI=1S/C12H14N2/c1-14-8-11(7-13)12(9-14)10-5-3-2-4-6-10/h2-6,11-12H,8-9H2,1H3/t11-,12?/m0/s1. The lowest BCUT2D eigenvalue weighted by Gasteiger charge is -2.12. The Morgan fingerprint density at radius 1 is 1.29 bits per heavy atom. The van der Waals surface area contributed by atoms with Gasteiger partial charge in [0.15, 0.2) is 0 Å². The van der Waals surface area contributed by atoms with Crippen LogP contribution in [0, 0.1) is 17.2 Å². The Balaban J connectivity index is 2.23. The fraction of sp³-hybridized carbons (Fsp3) is 0.417. The highest BCUT2D eigenvalue weighted by atomic mass is 15.1. The molecule has 2 rings (SSSR count). The van der Waals surface area contributed by atoms with Crippen LogP contribution in [-0.2, 0) is 0 Å². The van der Waals surface area contributed by atoms with E-state index in [-0.39, 0.29) is 5.92 Å². The van der Waals surface area contributed by atoms with Crippen LogP contribution in [0.15, 0.2) is 30.3 Å². The summed E-state index contributed by atoms with van der Waals surface area (Å²) in [5.74, 6) is 0.550. The minimum atomic E-state index is 0.155. The summed E-state index contributed by atoms with van der Waals surface area (Å²) in [6.45, 7) is 1.90. The Morgan fingerprint density at radius 2 is 2.00 bits per heavy atom. The van der Waals surface area contributed by atoms with Crippen molar-refractivity contribution >= 4 is 0 Å². The monoisotopic (exact) mass is 186 g/mol. The summed E-state index contributed by atoms with van der Waals surface area (Å²) in [5.41, 5.74) is 1.29.